The van der Waals surface area contributed by atoms with Crippen LogP contribution in [-0.2, 0) is 9.53 Å². The summed E-state index contributed by atoms with van der Waals surface area (Å²) in [5, 5.41) is 11.9. The normalized spacial score (nSPS) is 10.0. The summed E-state index contributed by atoms with van der Waals surface area (Å²) in [6.45, 7) is 2.42. The molecule has 0 aliphatic heterocycles. The average Bonchev–Trinajstić information content (AvgIpc) is 2.88. The SMILES string of the molecule is CCN(CCC(=O)OC)C(=O)c1csc([N+](=O)[O-])c1. The highest BCUT2D eigenvalue weighted by atomic mass is 32.1. The molecule has 0 saturated heterocycles. The molecule has 0 fully saturated rings. The lowest BCUT2D eigenvalue weighted by molar-refractivity contribution is -0.380. The number of ether oxygens (including phenoxy) is 1. The number of thiophene rings is 1. The first kappa shape index (κ1) is 15.1. The number of rotatable bonds is 6. The zero-order chi connectivity index (χ0) is 14.4. The van der Waals surface area contributed by atoms with Crippen molar-refractivity contribution in [3.63, 3.8) is 0 Å². The lowest BCUT2D eigenvalue weighted by atomic mass is 10.2. The van der Waals surface area contributed by atoms with Crippen molar-refractivity contribution in [2.45, 2.75) is 13.3 Å². The van der Waals surface area contributed by atoms with Crippen molar-refractivity contribution < 1.29 is 19.2 Å². The van der Waals surface area contributed by atoms with Crippen LogP contribution in [0.25, 0.3) is 0 Å². The largest absolute Gasteiger partial charge is 0.469 e. The maximum absolute atomic E-state index is 12.1. The average molecular weight is 286 g/mol. The van der Waals surface area contributed by atoms with E-state index in [4.69, 9.17) is 0 Å². The van der Waals surface area contributed by atoms with Gasteiger partial charge >= 0.3 is 11.0 Å². The maximum Gasteiger partial charge on any atom is 0.324 e. The maximum atomic E-state index is 12.1. The van der Waals surface area contributed by atoms with Gasteiger partial charge in [-0.1, -0.05) is 11.3 Å². The van der Waals surface area contributed by atoms with Gasteiger partial charge in [0.2, 0.25) is 0 Å². The molecular formula is C11H14N2O5S. The lowest BCUT2D eigenvalue weighted by Gasteiger charge is -2.19. The van der Waals surface area contributed by atoms with Crippen LogP contribution in [0.15, 0.2) is 11.4 Å². The van der Waals surface area contributed by atoms with Gasteiger partial charge in [0.25, 0.3) is 5.91 Å². The molecule has 0 aromatic carbocycles. The quantitative estimate of drug-likeness (QED) is 0.451. The Morgan fingerprint density at radius 1 is 1.53 bits per heavy atom. The Morgan fingerprint density at radius 2 is 2.21 bits per heavy atom. The summed E-state index contributed by atoms with van der Waals surface area (Å²) in [5.41, 5.74) is 0.267. The second-order valence-electron chi connectivity index (χ2n) is 3.64. The number of carbonyl (C=O) groups excluding carboxylic acids is 2. The van der Waals surface area contributed by atoms with E-state index in [0.717, 1.165) is 11.3 Å². The Balaban J connectivity index is 2.71. The van der Waals surface area contributed by atoms with Gasteiger partial charge in [-0.25, -0.2) is 0 Å². The first-order valence-corrected chi connectivity index (χ1v) is 6.46. The molecule has 19 heavy (non-hydrogen) atoms. The zero-order valence-corrected chi connectivity index (χ0v) is 11.4. The van der Waals surface area contributed by atoms with Gasteiger partial charge in [0, 0.05) is 24.5 Å². The van der Waals surface area contributed by atoms with Crippen LogP contribution in [-0.4, -0.2) is 41.9 Å². The summed E-state index contributed by atoms with van der Waals surface area (Å²) in [5.74, 6) is -0.724. The predicted molar refractivity (Wildman–Crippen MR) is 69.2 cm³/mol. The monoisotopic (exact) mass is 286 g/mol. The molecule has 0 aliphatic carbocycles. The van der Waals surface area contributed by atoms with Crippen molar-refractivity contribution >= 4 is 28.2 Å². The topological polar surface area (TPSA) is 89.8 Å². The molecule has 1 rings (SSSR count). The fourth-order valence-electron chi connectivity index (χ4n) is 1.45. The minimum absolute atomic E-state index is 0.0765. The highest BCUT2D eigenvalue weighted by Crippen LogP contribution is 2.23. The van der Waals surface area contributed by atoms with Gasteiger partial charge in [-0.05, 0) is 6.92 Å². The third kappa shape index (κ3) is 4.02. The molecule has 0 N–H and O–H groups in total. The second-order valence-corrected chi connectivity index (χ2v) is 4.53. The summed E-state index contributed by atoms with van der Waals surface area (Å²) in [7, 11) is 1.28. The van der Waals surface area contributed by atoms with Crippen LogP contribution in [0.1, 0.15) is 23.7 Å². The van der Waals surface area contributed by atoms with E-state index in [9.17, 15) is 19.7 Å². The summed E-state index contributed by atoms with van der Waals surface area (Å²) in [6, 6.07) is 1.24. The fourth-order valence-corrected chi connectivity index (χ4v) is 2.14. The summed E-state index contributed by atoms with van der Waals surface area (Å²) in [4.78, 5) is 34.6. The summed E-state index contributed by atoms with van der Waals surface area (Å²) in [6.07, 6.45) is 0.0995. The number of nitrogens with zero attached hydrogens (tertiary/aromatic N) is 2. The summed E-state index contributed by atoms with van der Waals surface area (Å²) < 4.78 is 4.50. The number of hydrogen-bond acceptors (Lipinski definition) is 6. The van der Waals surface area contributed by atoms with Crippen LogP contribution in [0, 0.1) is 10.1 Å². The summed E-state index contributed by atoms with van der Waals surface area (Å²) >= 11 is 0.905. The van der Waals surface area contributed by atoms with Crippen molar-refractivity contribution in [2.75, 3.05) is 20.2 Å². The molecule has 7 nitrogen and oxygen atoms in total. The highest BCUT2D eigenvalue weighted by Gasteiger charge is 2.20. The van der Waals surface area contributed by atoms with Crippen LogP contribution < -0.4 is 0 Å². The Morgan fingerprint density at radius 3 is 2.68 bits per heavy atom. The van der Waals surface area contributed by atoms with Crippen molar-refractivity contribution in [1.29, 1.82) is 0 Å². The Labute approximate surface area is 113 Å². The van der Waals surface area contributed by atoms with E-state index in [1.807, 2.05) is 0 Å². The number of amides is 1. The molecule has 0 bridgehead atoms. The molecule has 0 aliphatic rings. The highest BCUT2D eigenvalue weighted by molar-refractivity contribution is 7.13. The number of esters is 1. The number of carbonyl (C=O) groups is 2. The molecule has 0 spiro atoms. The van der Waals surface area contributed by atoms with Crippen LogP contribution in [0.5, 0.6) is 0 Å². The number of nitro groups is 1. The molecule has 1 aromatic rings. The Kier molecular flexibility index (Phi) is 5.43. The smallest absolute Gasteiger partial charge is 0.324 e. The third-order valence-corrected chi connectivity index (χ3v) is 3.38. The van der Waals surface area contributed by atoms with Gasteiger partial charge in [0.1, 0.15) is 0 Å². The van der Waals surface area contributed by atoms with E-state index in [0.29, 0.717) is 6.54 Å². The van der Waals surface area contributed by atoms with Gasteiger partial charge in [0.15, 0.2) is 0 Å². The van der Waals surface area contributed by atoms with Gasteiger partial charge in [-0.3, -0.25) is 19.7 Å². The van der Waals surface area contributed by atoms with Gasteiger partial charge in [0.05, 0.1) is 24.0 Å². The molecular weight excluding hydrogens is 272 g/mol. The second kappa shape index (κ2) is 6.83. The van der Waals surface area contributed by atoms with Gasteiger partial charge in [-0.2, -0.15) is 0 Å². The molecule has 8 heteroatoms. The van der Waals surface area contributed by atoms with Crippen LogP contribution in [0.2, 0.25) is 0 Å². The van der Waals surface area contributed by atoms with Crippen molar-refractivity contribution in [2.24, 2.45) is 0 Å². The number of hydrogen-bond donors (Lipinski definition) is 0. The fraction of sp³-hybridized carbons (Fsp3) is 0.455. The van der Waals surface area contributed by atoms with E-state index >= 15 is 0 Å². The van der Waals surface area contributed by atoms with E-state index in [1.54, 1.807) is 6.92 Å². The minimum atomic E-state index is -0.536. The van der Waals surface area contributed by atoms with Gasteiger partial charge < -0.3 is 9.64 Å². The van der Waals surface area contributed by atoms with Crippen molar-refractivity contribution in [3.8, 4) is 0 Å². The van der Waals surface area contributed by atoms with E-state index < -0.39 is 10.9 Å². The lowest BCUT2D eigenvalue weighted by Crippen LogP contribution is -2.32. The standard InChI is InChI=1S/C11H14N2O5S/c1-3-12(5-4-10(14)18-2)11(15)8-6-9(13(16)17)19-7-8/h6-7H,3-5H2,1-2H3. The third-order valence-electron chi connectivity index (χ3n) is 2.49. The predicted octanol–water partition coefficient (Wildman–Crippen LogP) is 1.68. The molecule has 1 heterocycles. The van der Waals surface area contributed by atoms with Crippen molar-refractivity contribution in [1.82, 2.24) is 4.90 Å². The molecule has 0 saturated carbocycles. The van der Waals surface area contributed by atoms with E-state index in [-0.39, 0.29) is 29.4 Å². The molecule has 0 atom stereocenters. The van der Waals surface area contributed by atoms with E-state index in [1.165, 1.54) is 23.5 Å². The van der Waals surface area contributed by atoms with Crippen LogP contribution in [0.4, 0.5) is 5.00 Å². The number of methoxy groups -OCH3 is 1. The van der Waals surface area contributed by atoms with Crippen LogP contribution in [0.3, 0.4) is 0 Å². The molecule has 0 radical (unpaired) electrons. The zero-order valence-electron chi connectivity index (χ0n) is 10.6. The Bertz CT molecular complexity index is 485. The Hall–Kier alpha value is -1.96. The molecule has 1 aromatic heterocycles. The first-order chi connectivity index (χ1) is 8.99. The molecule has 104 valence electrons. The van der Waals surface area contributed by atoms with Crippen LogP contribution >= 0.6 is 11.3 Å². The minimum Gasteiger partial charge on any atom is -0.469 e. The van der Waals surface area contributed by atoms with E-state index in [2.05, 4.69) is 4.74 Å². The van der Waals surface area contributed by atoms with Crippen molar-refractivity contribution in [3.05, 3.63) is 27.1 Å². The first-order valence-electron chi connectivity index (χ1n) is 5.58. The molecule has 1 amide bonds. The van der Waals surface area contributed by atoms with Gasteiger partial charge in [-0.15, -0.1) is 0 Å². The molecule has 0 unspecified atom stereocenters.